The van der Waals surface area contributed by atoms with Gasteiger partial charge < -0.3 is 10.1 Å². The summed E-state index contributed by atoms with van der Waals surface area (Å²) in [6.07, 6.45) is 1.68. The van der Waals surface area contributed by atoms with Crippen LogP contribution in [0, 0.1) is 12.7 Å². The minimum absolute atomic E-state index is 0.0204. The molecule has 1 aromatic heterocycles. The monoisotopic (exact) mass is 303 g/mol. The minimum atomic E-state index is -1.03. The fourth-order valence-electron chi connectivity index (χ4n) is 1.55. The third kappa shape index (κ3) is 4.08. The largest absolute Gasteiger partial charge is 0.448 e. The average Bonchev–Trinajstić information content (AvgIpc) is 2.50. The quantitative estimate of drug-likeness (QED) is 0.875. The molecule has 0 saturated heterocycles. The number of amides is 1. The zero-order valence-corrected chi connectivity index (χ0v) is 12.0. The van der Waals surface area contributed by atoms with Gasteiger partial charge in [-0.05, 0) is 38.1 Å². The summed E-state index contributed by atoms with van der Waals surface area (Å²) in [5.74, 6) is -1.68. The first-order chi connectivity index (χ1) is 10.5. The standard InChI is InChI=1S/C15H14FN3O3/c1-9-7-18-13(8-17-9)15(21)22-10(2)14(20)19-12-5-3-11(16)4-6-12/h3-8,10H,1-2H3,(H,19,20). The van der Waals surface area contributed by atoms with E-state index in [0.717, 1.165) is 0 Å². The molecule has 2 rings (SSSR count). The molecule has 0 aliphatic carbocycles. The third-order valence-corrected chi connectivity index (χ3v) is 2.75. The molecule has 0 radical (unpaired) electrons. The zero-order chi connectivity index (χ0) is 16.1. The second-order valence-electron chi connectivity index (χ2n) is 4.59. The molecule has 1 unspecified atom stereocenters. The van der Waals surface area contributed by atoms with Crippen LogP contribution in [0.25, 0.3) is 0 Å². The number of ether oxygens (including phenoxy) is 1. The number of benzene rings is 1. The lowest BCUT2D eigenvalue weighted by Crippen LogP contribution is -2.30. The van der Waals surface area contributed by atoms with Gasteiger partial charge in [0.2, 0.25) is 0 Å². The van der Waals surface area contributed by atoms with E-state index in [2.05, 4.69) is 15.3 Å². The van der Waals surface area contributed by atoms with E-state index >= 15 is 0 Å². The molecule has 7 heteroatoms. The van der Waals surface area contributed by atoms with Crippen molar-refractivity contribution in [3.63, 3.8) is 0 Å². The van der Waals surface area contributed by atoms with E-state index < -0.39 is 23.8 Å². The second-order valence-corrected chi connectivity index (χ2v) is 4.59. The van der Waals surface area contributed by atoms with Crippen LogP contribution in [-0.4, -0.2) is 27.9 Å². The highest BCUT2D eigenvalue weighted by atomic mass is 19.1. The molecule has 2 aromatic rings. The molecule has 0 spiro atoms. The van der Waals surface area contributed by atoms with E-state index in [1.807, 2.05) is 0 Å². The van der Waals surface area contributed by atoms with E-state index in [-0.39, 0.29) is 5.69 Å². The van der Waals surface area contributed by atoms with Crippen LogP contribution < -0.4 is 5.32 Å². The number of esters is 1. The Labute approximate surface area is 126 Å². The summed E-state index contributed by atoms with van der Waals surface area (Å²) in [4.78, 5) is 31.5. The first-order valence-corrected chi connectivity index (χ1v) is 6.52. The molecule has 1 amide bonds. The topological polar surface area (TPSA) is 81.2 Å². The maximum atomic E-state index is 12.8. The van der Waals surface area contributed by atoms with Crippen LogP contribution >= 0.6 is 0 Å². The number of aromatic nitrogens is 2. The Balaban J connectivity index is 1.94. The fraction of sp³-hybridized carbons (Fsp3) is 0.200. The smallest absolute Gasteiger partial charge is 0.359 e. The lowest BCUT2D eigenvalue weighted by atomic mass is 10.3. The summed E-state index contributed by atoms with van der Waals surface area (Å²) in [5.41, 5.74) is 1.09. The Bertz CT molecular complexity index is 671. The highest BCUT2D eigenvalue weighted by Crippen LogP contribution is 2.10. The van der Waals surface area contributed by atoms with Crippen LogP contribution in [0.5, 0.6) is 0 Å². The predicted octanol–water partition coefficient (Wildman–Crippen LogP) is 2.11. The van der Waals surface area contributed by atoms with Gasteiger partial charge in [0.25, 0.3) is 5.91 Å². The first kappa shape index (κ1) is 15.6. The summed E-state index contributed by atoms with van der Waals surface area (Å²) < 4.78 is 17.8. The Kier molecular flexibility index (Phi) is 4.77. The van der Waals surface area contributed by atoms with Gasteiger partial charge in [0.05, 0.1) is 11.9 Å². The summed E-state index contributed by atoms with van der Waals surface area (Å²) in [5, 5.41) is 2.52. The maximum absolute atomic E-state index is 12.8. The number of nitrogens with one attached hydrogen (secondary N) is 1. The minimum Gasteiger partial charge on any atom is -0.448 e. The van der Waals surface area contributed by atoms with Gasteiger partial charge in [0.15, 0.2) is 11.8 Å². The molecule has 22 heavy (non-hydrogen) atoms. The molecule has 0 fully saturated rings. The molecule has 1 N–H and O–H groups in total. The van der Waals surface area contributed by atoms with Crippen LogP contribution in [-0.2, 0) is 9.53 Å². The number of anilines is 1. The normalized spacial score (nSPS) is 11.6. The molecule has 0 bridgehead atoms. The molecule has 0 saturated carbocycles. The van der Waals surface area contributed by atoms with E-state index in [9.17, 15) is 14.0 Å². The second kappa shape index (κ2) is 6.75. The summed E-state index contributed by atoms with van der Waals surface area (Å²) >= 11 is 0. The molecule has 0 aliphatic heterocycles. The van der Waals surface area contributed by atoms with Crippen molar-refractivity contribution in [2.75, 3.05) is 5.32 Å². The van der Waals surface area contributed by atoms with Crippen molar-refractivity contribution in [3.05, 3.63) is 53.9 Å². The predicted molar refractivity (Wildman–Crippen MR) is 76.7 cm³/mol. The van der Waals surface area contributed by atoms with Gasteiger partial charge in [-0.3, -0.25) is 9.78 Å². The lowest BCUT2D eigenvalue weighted by molar-refractivity contribution is -0.123. The number of nitrogens with zero attached hydrogens (tertiary/aromatic N) is 2. The molecule has 1 atom stereocenters. The first-order valence-electron chi connectivity index (χ1n) is 6.52. The van der Waals surface area contributed by atoms with Crippen molar-refractivity contribution in [2.24, 2.45) is 0 Å². The number of hydrogen-bond acceptors (Lipinski definition) is 5. The Hall–Kier alpha value is -2.83. The van der Waals surface area contributed by atoms with Gasteiger partial charge in [0, 0.05) is 11.9 Å². The van der Waals surface area contributed by atoms with E-state index in [0.29, 0.717) is 11.4 Å². The highest BCUT2D eigenvalue weighted by molar-refractivity contribution is 5.96. The van der Waals surface area contributed by atoms with Gasteiger partial charge in [-0.1, -0.05) is 0 Å². The van der Waals surface area contributed by atoms with Crippen molar-refractivity contribution in [3.8, 4) is 0 Å². The number of hydrogen-bond donors (Lipinski definition) is 1. The fourth-order valence-corrected chi connectivity index (χ4v) is 1.55. The summed E-state index contributed by atoms with van der Waals surface area (Å²) in [7, 11) is 0. The number of rotatable bonds is 4. The van der Waals surface area contributed by atoms with Crippen LogP contribution in [0.4, 0.5) is 10.1 Å². The number of aryl methyl sites for hydroxylation is 1. The van der Waals surface area contributed by atoms with Crippen molar-refractivity contribution in [1.82, 2.24) is 9.97 Å². The molecular weight excluding hydrogens is 289 g/mol. The summed E-state index contributed by atoms with van der Waals surface area (Å²) in [6, 6.07) is 5.25. The van der Waals surface area contributed by atoms with Crippen LogP contribution in [0.15, 0.2) is 36.7 Å². The van der Waals surface area contributed by atoms with Gasteiger partial charge >= 0.3 is 5.97 Å². The number of halogens is 1. The molecule has 0 aliphatic rings. The van der Waals surface area contributed by atoms with Gasteiger partial charge in [0.1, 0.15) is 5.82 Å². The molecular formula is C15H14FN3O3. The van der Waals surface area contributed by atoms with Crippen molar-refractivity contribution in [1.29, 1.82) is 0 Å². The van der Waals surface area contributed by atoms with Gasteiger partial charge in [-0.25, -0.2) is 14.2 Å². The van der Waals surface area contributed by atoms with E-state index in [1.165, 1.54) is 43.6 Å². The Morgan fingerprint density at radius 3 is 2.45 bits per heavy atom. The van der Waals surface area contributed by atoms with Gasteiger partial charge in [-0.15, -0.1) is 0 Å². The zero-order valence-electron chi connectivity index (χ0n) is 12.0. The van der Waals surface area contributed by atoms with Gasteiger partial charge in [-0.2, -0.15) is 0 Å². The van der Waals surface area contributed by atoms with Crippen LogP contribution in [0.3, 0.4) is 0 Å². The molecule has 1 aromatic carbocycles. The number of carbonyl (C=O) groups is 2. The van der Waals surface area contributed by atoms with Crippen molar-refractivity contribution < 1.29 is 18.7 Å². The van der Waals surface area contributed by atoms with E-state index in [1.54, 1.807) is 6.92 Å². The SMILES string of the molecule is Cc1cnc(C(=O)OC(C)C(=O)Nc2ccc(F)cc2)cn1. The average molecular weight is 303 g/mol. The highest BCUT2D eigenvalue weighted by Gasteiger charge is 2.20. The Morgan fingerprint density at radius 2 is 1.86 bits per heavy atom. The van der Waals surface area contributed by atoms with Crippen molar-refractivity contribution in [2.45, 2.75) is 20.0 Å². The number of carbonyl (C=O) groups excluding carboxylic acids is 2. The van der Waals surface area contributed by atoms with E-state index in [4.69, 9.17) is 4.74 Å². The molecule has 6 nitrogen and oxygen atoms in total. The van der Waals surface area contributed by atoms with Crippen LogP contribution in [0.1, 0.15) is 23.1 Å². The summed E-state index contributed by atoms with van der Waals surface area (Å²) in [6.45, 7) is 3.17. The molecule has 114 valence electrons. The molecule has 1 heterocycles. The van der Waals surface area contributed by atoms with Crippen molar-refractivity contribution >= 4 is 17.6 Å². The maximum Gasteiger partial charge on any atom is 0.359 e. The Morgan fingerprint density at radius 1 is 1.18 bits per heavy atom. The lowest BCUT2D eigenvalue weighted by Gasteiger charge is -2.13. The third-order valence-electron chi connectivity index (χ3n) is 2.75. The van der Waals surface area contributed by atoms with Crippen LogP contribution in [0.2, 0.25) is 0 Å².